The van der Waals surface area contributed by atoms with Crippen molar-refractivity contribution in [1.29, 1.82) is 0 Å². The Morgan fingerprint density at radius 3 is 2.28 bits per heavy atom. The number of likely N-dealkylation sites (tertiary alicyclic amines) is 1. The first-order valence-electron chi connectivity index (χ1n) is 11.9. The maximum absolute atomic E-state index is 13.8. The summed E-state index contributed by atoms with van der Waals surface area (Å²) in [6.45, 7) is 5.42. The predicted octanol–water partition coefficient (Wildman–Crippen LogP) is 2.30. The van der Waals surface area contributed by atoms with Gasteiger partial charge in [0, 0.05) is 37.3 Å². The van der Waals surface area contributed by atoms with Gasteiger partial charge in [0.1, 0.15) is 23.2 Å². The second-order valence-corrected chi connectivity index (χ2v) is 8.90. The molecule has 9 heteroatoms. The van der Waals surface area contributed by atoms with Crippen LogP contribution >= 0.6 is 0 Å². The summed E-state index contributed by atoms with van der Waals surface area (Å²) in [6.07, 6.45) is 0. The Balaban J connectivity index is 1.75. The number of ketones is 2. The SMILES string of the molecule is COc1ccc(OC)c(C2C(C(=O)c3ccc(OC)c(C)c3)C(=O)C(=O)N2CCN2CCOCC2)c1. The third-order valence-electron chi connectivity index (χ3n) is 6.88. The molecule has 0 saturated carbocycles. The molecular formula is C27H32N2O7. The summed E-state index contributed by atoms with van der Waals surface area (Å²) in [7, 11) is 4.61. The Bertz CT molecular complexity index is 1140. The highest BCUT2D eigenvalue weighted by molar-refractivity contribution is 6.44. The van der Waals surface area contributed by atoms with Crippen LogP contribution in [0.1, 0.15) is 27.5 Å². The highest BCUT2D eigenvalue weighted by Gasteiger charge is 2.52. The van der Waals surface area contributed by atoms with Crippen LogP contribution in [0.4, 0.5) is 0 Å². The Labute approximate surface area is 210 Å². The van der Waals surface area contributed by atoms with Crippen LogP contribution in [0, 0.1) is 12.8 Å². The van der Waals surface area contributed by atoms with Gasteiger partial charge in [-0.2, -0.15) is 0 Å². The van der Waals surface area contributed by atoms with Gasteiger partial charge in [-0.05, 0) is 48.9 Å². The normalized spacial score (nSPS) is 20.5. The molecule has 4 rings (SSSR count). The van der Waals surface area contributed by atoms with Crippen molar-refractivity contribution in [2.24, 2.45) is 5.92 Å². The number of ether oxygens (including phenoxy) is 4. The van der Waals surface area contributed by atoms with Crippen molar-refractivity contribution in [1.82, 2.24) is 9.80 Å². The van der Waals surface area contributed by atoms with E-state index in [1.165, 1.54) is 19.1 Å². The highest BCUT2D eigenvalue weighted by Crippen LogP contribution is 2.43. The molecule has 2 fully saturated rings. The topological polar surface area (TPSA) is 94.6 Å². The molecule has 2 aromatic rings. The molecule has 9 nitrogen and oxygen atoms in total. The molecule has 192 valence electrons. The van der Waals surface area contributed by atoms with Gasteiger partial charge in [-0.1, -0.05) is 0 Å². The fourth-order valence-electron chi connectivity index (χ4n) is 4.93. The lowest BCUT2D eigenvalue weighted by Gasteiger charge is -2.32. The summed E-state index contributed by atoms with van der Waals surface area (Å²) in [5.74, 6) is -1.36. The standard InChI is InChI=1S/C27H32N2O7/c1-17-15-18(5-7-21(17)34-3)25(30)23-24(20-16-19(33-2)6-8-22(20)35-4)29(27(32)26(23)31)10-9-28-11-13-36-14-12-28/h5-8,15-16,23-24H,9-14H2,1-4H3. The number of aryl methyl sites for hydroxylation is 1. The van der Waals surface area contributed by atoms with Crippen molar-refractivity contribution in [2.45, 2.75) is 13.0 Å². The van der Waals surface area contributed by atoms with Crippen LogP contribution in [-0.4, -0.2) is 88.0 Å². The number of methoxy groups -OCH3 is 3. The summed E-state index contributed by atoms with van der Waals surface area (Å²) in [5.41, 5.74) is 1.67. The molecule has 2 heterocycles. The van der Waals surface area contributed by atoms with Gasteiger partial charge >= 0.3 is 0 Å². The molecule has 0 spiro atoms. The molecule has 1 amide bonds. The highest BCUT2D eigenvalue weighted by atomic mass is 16.5. The molecule has 0 aliphatic carbocycles. The number of Topliss-reactive ketones (excluding diaryl/α,β-unsaturated/α-hetero) is 2. The quantitative estimate of drug-likeness (QED) is 0.297. The molecule has 2 unspecified atom stereocenters. The van der Waals surface area contributed by atoms with Crippen molar-refractivity contribution >= 4 is 17.5 Å². The zero-order valence-corrected chi connectivity index (χ0v) is 21.1. The molecule has 2 atom stereocenters. The first-order chi connectivity index (χ1) is 17.4. The van der Waals surface area contributed by atoms with Crippen LogP contribution in [-0.2, 0) is 14.3 Å². The lowest BCUT2D eigenvalue weighted by atomic mass is 9.85. The van der Waals surface area contributed by atoms with Crippen LogP contribution in [0.2, 0.25) is 0 Å². The first kappa shape index (κ1) is 25.7. The van der Waals surface area contributed by atoms with Gasteiger partial charge in [0.2, 0.25) is 5.78 Å². The number of hydrogen-bond donors (Lipinski definition) is 0. The summed E-state index contributed by atoms with van der Waals surface area (Å²) >= 11 is 0. The Morgan fingerprint density at radius 2 is 1.64 bits per heavy atom. The fraction of sp³-hybridized carbons (Fsp3) is 0.444. The van der Waals surface area contributed by atoms with E-state index in [2.05, 4.69) is 4.90 Å². The van der Waals surface area contributed by atoms with Crippen molar-refractivity contribution in [2.75, 3.05) is 60.7 Å². The van der Waals surface area contributed by atoms with E-state index in [4.69, 9.17) is 18.9 Å². The maximum Gasteiger partial charge on any atom is 0.291 e. The number of morpholine rings is 1. The summed E-state index contributed by atoms with van der Waals surface area (Å²) in [4.78, 5) is 44.2. The zero-order chi connectivity index (χ0) is 25.8. The van der Waals surface area contributed by atoms with E-state index in [0.29, 0.717) is 54.7 Å². The van der Waals surface area contributed by atoms with Gasteiger partial charge in [0.05, 0.1) is 40.6 Å². The van der Waals surface area contributed by atoms with Crippen molar-refractivity contribution < 1.29 is 33.3 Å². The lowest BCUT2D eigenvalue weighted by Crippen LogP contribution is -2.43. The van der Waals surface area contributed by atoms with Gasteiger partial charge in [0.25, 0.3) is 5.91 Å². The van der Waals surface area contributed by atoms with Gasteiger partial charge < -0.3 is 23.8 Å². The third-order valence-corrected chi connectivity index (χ3v) is 6.88. The largest absolute Gasteiger partial charge is 0.497 e. The van der Waals surface area contributed by atoms with Crippen LogP contribution in [0.15, 0.2) is 36.4 Å². The number of carbonyl (C=O) groups excluding carboxylic acids is 3. The third kappa shape index (κ3) is 4.94. The van der Waals surface area contributed by atoms with Crippen LogP contribution in [0.3, 0.4) is 0 Å². The molecule has 2 aromatic carbocycles. The van der Waals surface area contributed by atoms with E-state index in [1.54, 1.807) is 43.5 Å². The van der Waals surface area contributed by atoms with E-state index < -0.39 is 29.4 Å². The van der Waals surface area contributed by atoms with Crippen LogP contribution < -0.4 is 14.2 Å². The Hall–Kier alpha value is -3.43. The minimum absolute atomic E-state index is 0.293. The number of benzene rings is 2. The molecule has 2 saturated heterocycles. The molecule has 0 bridgehead atoms. The molecule has 0 radical (unpaired) electrons. The smallest absolute Gasteiger partial charge is 0.291 e. The number of hydrogen-bond acceptors (Lipinski definition) is 8. The van der Waals surface area contributed by atoms with Gasteiger partial charge in [-0.3, -0.25) is 19.3 Å². The molecule has 2 aliphatic heterocycles. The second kappa shape index (κ2) is 11.1. The van der Waals surface area contributed by atoms with Crippen molar-refractivity contribution in [3.8, 4) is 17.2 Å². The van der Waals surface area contributed by atoms with E-state index in [9.17, 15) is 14.4 Å². The molecule has 0 N–H and O–H groups in total. The predicted molar refractivity (Wildman–Crippen MR) is 132 cm³/mol. The van der Waals surface area contributed by atoms with Crippen LogP contribution in [0.5, 0.6) is 17.2 Å². The monoisotopic (exact) mass is 496 g/mol. The van der Waals surface area contributed by atoms with E-state index in [1.807, 2.05) is 6.92 Å². The maximum atomic E-state index is 13.8. The minimum atomic E-state index is -1.21. The van der Waals surface area contributed by atoms with Crippen molar-refractivity contribution in [3.63, 3.8) is 0 Å². The molecule has 2 aliphatic rings. The minimum Gasteiger partial charge on any atom is -0.497 e. The van der Waals surface area contributed by atoms with Crippen molar-refractivity contribution in [3.05, 3.63) is 53.1 Å². The van der Waals surface area contributed by atoms with E-state index in [0.717, 1.165) is 18.7 Å². The van der Waals surface area contributed by atoms with Gasteiger partial charge in [-0.25, -0.2) is 0 Å². The Morgan fingerprint density at radius 1 is 0.944 bits per heavy atom. The number of amides is 1. The van der Waals surface area contributed by atoms with Gasteiger partial charge in [0.15, 0.2) is 5.78 Å². The number of rotatable bonds is 9. The molecule has 0 aromatic heterocycles. The Kier molecular flexibility index (Phi) is 7.91. The fourth-order valence-corrected chi connectivity index (χ4v) is 4.93. The lowest BCUT2D eigenvalue weighted by molar-refractivity contribution is -0.141. The number of carbonyl (C=O) groups is 3. The average Bonchev–Trinajstić information content (AvgIpc) is 3.16. The molecule has 36 heavy (non-hydrogen) atoms. The number of nitrogens with zero attached hydrogens (tertiary/aromatic N) is 2. The van der Waals surface area contributed by atoms with E-state index in [-0.39, 0.29) is 0 Å². The summed E-state index contributed by atoms with van der Waals surface area (Å²) in [5, 5.41) is 0. The van der Waals surface area contributed by atoms with E-state index >= 15 is 0 Å². The summed E-state index contributed by atoms with van der Waals surface area (Å²) < 4.78 is 21.7. The van der Waals surface area contributed by atoms with Crippen LogP contribution in [0.25, 0.3) is 0 Å². The van der Waals surface area contributed by atoms with Gasteiger partial charge in [-0.15, -0.1) is 0 Å². The molecular weight excluding hydrogens is 464 g/mol. The summed E-state index contributed by atoms with van der Waals surface area (Å²) in [6, 6.07) is 9.38. The average molecular weight is 497 g/mol. The second-order valence-electron chi connectivity index (χ2n) is 8.90. The zero-order valence-electron chi connectivity index (χ0n) is 21.1. The first-order valence-corrected chi connectivity index (χ1v) is 11.9.